The number of fused-ring (bicyclic) bond motifs is 1. The Bertz CT molecular complexity index is 877. The topological polar surface area (TPSA) is 76.1 Å². The zero-order valence-corrected chi connectivity index (χ0v) is 16.3. The van der Waals surface area contributed by atoms with Crippen molar-refractivity contribution < 1.29 is 24.2 Å². The molecule has 1 aliphatic rings. The number of amides is 1. The molecule has 0 aromatic heterocycles. The van der Waals surface area contributed by atoms with Gasteiger partial charge in [0.15, 0.2) is 11.5 Å². The third kappa shape index (κ3) is 4.11. The van der Waals surface area contributed by atoms with Gasteiger partial charge in [0.05, 0.1) is 13.7 Å². The van der Waals surface area contributed by atoms with Gasteiger partial charge in [-0.3, -0.25) is 4.79 Å². The maximum atomic E-state index is 13.1. The summed E-state index contributed by atoms with van der Waals surface area (Å²) in [5, 5.41) is 9.66. The predicted octanol–water partition coefficient (Wildman–Crippen LogP) is 3.38. The molecular formula is C22H25NO5. The van der Waals surface area contributed by atoms with E-state index >= 15 is 0 Å². The van der Waals surface area contributed by atoms with E-state index in [-0.39, 0.29) is 12.5 Å². The van der Waals surface area contributed by atoms with Crippen molar-refractivity contribution in [3.05, 3.63) is 59.2 Å². The monoisotopic (exact) mass is 383 g/mol. The summed E-state index contributed by atoms with van der Waals surface area (Å²) in [6.45, 7) is 4.89. The van der Waals surface area contributed by atoms with Gasteiger partial charge in [0.25, 0.3) is 5.91 Å². The van der Waals surface area contributed by atoms with Crippen LogP contribution in [0.3, 0.4) is 0 Å². The molecule has 3 rings (SSSR count). The van der Waals surface area contributed by atoms with Crippen LogP contribution in [0.1, 0.15) is 35.3 Å². The van der Waals surface area contributed by atoms with Gasteiger partial charge in [-0.1, -0.05) is 38.1 Å². The molecule has 1 unspecified atom stereocenters. The third-order valence-corrected chi connectivity index (χ3v) is 4.78. The van der Waals surface area contributed by atoms with E-state index in [9.17, 15) is 14.7 Å². The summed E-state index contributed by atoms with van der Waals surface area (Å²) < 4.78 is 11.1. The highest BCUT2D eigenvalue weighted by molar-refractivity contribution is 5.97. The maximum Gasteiger partial charge on any atom is 0.326 e. The highest BCUT2D eigenvalue weighted by Gasteiger charge is 2.35. The Hall–Kier alpha value is -3.02. The van der Waals surface area contributed by atoms with Crippen LogP contribution in [0.2, 0.25) is 0 Å². The van der Waals surface area contributed by atoms with Gasteiger partial charge in [0.2, 0.25) is 0 Å². The number of nitrogens with zero attached hydrogens (tertiary/aromatic N) is 1. The standard InChI is InChI=1S/C22H25NO5/c1-14(2)13-28-19-9-8-16(11-20(19)27-3)21(24)23-12-17-7-5-4-6-15(17)10-18(23)22(25)26/h4-9,11,14,18H,10,12-13H2,1-3H3,(H,25,26). The molecule has 1 aliphatic heterocycles. The van der Waals surface area contributed by atoms with E-state index < -0.39 is 12.0 Å². The van der Waals surface area contributed by atoms with Crippen LogP contribution in [0.4, 0.5) is 0 Å². The van der Waals surface area contributed by atoms with Gasteiger partial charge in [-0.25, -0.2) is 4.79 Å². The van der Waals surface area contributed by atoms with E-state index in [0.717, 1.165) is 11.1 Å². The largest absolute Gasteiger partial charge is 0.493 e. The van der Waals surface area contributed by atoms with Crippen molar-refractivity contribution in [2.45, 2.75) is 32.9 Å². The van der Waals surface area contributed by atoms with Crippen molar-refractivity contribution in [1.29, 1.82) is 0 Å². The number of carboxylic acid groups (broad SMARTS) is 1. The number of carbonyl (C=O) groups is 2. The molecule has 148 valence electrons. The highest BCUT2D eigenvalue weighted by atomic mass is 16.5. The van der Waals surface area contributed by atoms with Crippen molar-refractivity contribution in [2.75, 3.05) is 13.7 Å². The second-order valence-corrected chi connectivity index (χ2v) is 7.33. The van der Waals surface area contributed by atoms with Gasteiger partial charge in [-0.05, 0) is 35.2 Å². The van der Waals surface area contributed by atoms with Crippen molar-refractivity contribution in [3.63, 3.8) is 0 Å². The van der Waals surface area contributed by atoms with Crippen molar-refractivity contribution in [3.8, 4) is 11.5 Å². The van der Waals surface area contributed by atoms with Crippen molar-refractivity contribution in [1.82, 2.24) is 4.90 Å². The number of benzene rings is 2. The molecule has 1 amide bonds. The lowest BCUT2D eigenvalue weighted by molar-refractivity contribution is -0.142. The Morgan fingerprint density at radius 1 is 1.14 bits per heavy atom. The number of carbonyl (C=O) groups excluding carboxylic acids is 1. The average Bonchev–Trinajstić information content (AvgIpc) is 2.70. The highest BCUT2D eigenvalue weighted by Crippen LogP contribution is 2.31. The van der Waals surface area contributed by atoms with E-state index in [4.69, 9.17) is 9.47 Å². The summed E-state index contributed by atoms with van der Waals surface area (Å²) in [4.78, 5) is 26.3. The van der Waals surface area contributed by atoms with Crippen LogP contribution in [-0.2, 0) is 17.8 Å². The quantitative estimate of drug-likeness (QED) is 0.828. The van der Waals surface area contributed by atoms with Crippen molar-refractivity contribution in [2.24, 2.45) is 5.92 Å². The number of rotatable bonds is 6. The van der Waals surface area contributed by atoms with Crippen LogP contribution in [0, 0.1) is 5.92 Å². The summed E-state index contributed by atoms with van der Waals surface area (Å²) in [7, 11) is 1.52. The molecule has 2 aromatic carbocycles. The van der Waals surface area contributed by atoms with E-state index in [1.807, 2.05) is 38.1 Å². The fourth-order valence-electron chi connectivity index (χ4n) is 3.30. The van der Waals surface area contributed by atoms with Crippen LogP contribution in [0.15, 0.2) is 42.5 Å². The lowest BCUT2D eigenvalue weighted by Crippen LogP contribution is -2.48. The summed E-state index contributed by atoms with van der Waals surface area (Å²) in [5.74, 6) is 0.0281. The summed E-state index contributed by atoms with van der Waals surface area (Å²) in [6, 6.07) is 11.7. The van der Waals surface area contributed by atoms with E-state index in [2.05, 4.69) is 0 Å². The first-order chi connectivity index (χ1) is 13.4. The molecule has 0 saturated heterocycles. The SMILES string of the molecule is COc1cc(C(=O)N2Cc3ccccc3CC2C(=O)O)ccc1OCC(C)C. The van der Waals surface area contributed by atoms with Crippen molar-refractivity contribution >= 4 is 11.9 Å². The lowest BCUT2D eigenvalue weighted by Gasteiger charge is -2.34. The van der Waals surface area contributed by atoms with Crippen LogP contribution in [0.25, 0.3) is 0 Å². The second kappa shape index (κ2) is 8.33. The molecule has 0 saturated carbocycles. The molecule has 1 atom stereocenters. The first-order valence-electron chi connectivity index (χ1n) is 9.32. The first kappa shape index (κ1) is 19.7. The first-order valence-corrected chi connectivity index (χ1v) is 9.32. The molecule has 0 radical (unpaired) electrons. The Kier molecular flexibility index (Phi) is 5.87. The number of hydrogen-bond donors (Lipinski definition) is 1. The van der Waals surface area contributed by atoms with Gasteiger partial charge in [-0.15, -0.1) is 0 Å². The Labute approximate surface area is 164 Å². The fourth-order valence-corrected chi connectivity index (χ4v) is 3.30. The van der Waals surface area contributed by atoms with Crippen LogP contribution >= 0.6 is 0 Å². The Balaban J connectivity index is 1.88. The minimum Gasteiger partial charge on any atom is -0.493 e. The molecule has 2 aromatic rings. The molecule has 0 bridgehead atoms. The molecule has 6 nitrogen and oxygen atoms in total. The molecule has 1 heterocycles. The fraction of sp³-hybridized carbons (Fsp3) is 0.364. The molecule has 6 heteroatoms. The van der Waals surface area contributed by atoms with Gasteiger partial charge in [0, 0.05) is 18.5 Å². The number of carboxylic acids is 1. The summed E-state index contributed by atoms with van der Waals surface area (Å²) >= 11 is 0. The number of ether oxygens (including phenoxy) is 2. The molecular weight excluding hydrogens is 358 g/mol. The minimum atomic E-state index is -1.01. The zero-order valence-electron chi connectivity index (χ0n) is 16.3. The van der Waals surface area contributed by atoms with E-state index in [0.29, 0.717) is 36.0 Å². The number of hydrogen-bond acceptors (Lipinski definition) is 4. The number of methoxy groups -OCH3 is 1. The predicted molar refractivity (Wildman–Crippen MR) is 105 cm³/mol. The summed E-state index contributed by atoms with van der Waals surface area (Å²) in [6.07, 6.45) is 0.296. The lowest BCUT2D eigenvalue weighted by atomic mass is 9.93. The maximum absolute atomic E-state index is 13.1. The molecule has 28 heavy (non-hydrogen) atoms. The van der Waals surface area contributed by atoms with Gasteiger partial charge >= 0.3 is 5.97 Å². The minimum absolute atomic E-state index is 0.264. The zero-order chi connectivity index (χ0) is 20.3. The molecule has 0 fully saturated rings. The average molecular weight is 383 g/mol. The van der Waals surface area contributed by atoms with Gasteiger partial charge in [-0.2, -0.15) is 0 Å². The third-order valence-electron chi connectivity index (χ3n) is 4.78. The number of aliphatic carboxylic acids is 1. The Morgan fingerprint density at radius 2 is 1.86 bits per heavy atom. The Morgan fingerprint density at radius 3 is 2.50 bits per heavy atom. The van der Waals surface area contributed by atoms with Crippen LogP contribution in [-0.4, -0.2) is 41.6 Å². The summed E-state index contributed by atoms with van der Waals surface area (Å²) in [5.41, 5.74) is 2.31. The second-order valence-electron chi connectivity index (χ2n) is 7.33. The van der Waals surface area contributed by atoms with E-state index in [1.54, 1.807) is 18.2 Å². The van der Waals surface area contributed by atoms with Gasteiger partial charge < -0.3 is 19.5 Å². The molecule has 0 spiro atoms. The normalized spacial score (nSPS) is 15.9. The molecule has 0 aliphatic carbocycles. The molecule has 1 N–H and O–H groups in total. The van der Waals surface area contributed by atoms with Crippen LogP contribution in [0.5, 0.6) is 11.5 Å². The van der Waals surface area contributed by atoms with Gasteiger partial charge in [0.1, 0.15) is 6.04 Å². The van der Waals surface area contributed by atoms with E-state index in [1.165, 1.54) is 12.0 Å². The van der Waals surface area contributed by atoms with Crippen LogP contribution < -0.4 is 9.47 Å². The smallest absolute Gasteiger partial charge is 0.326 e.